The molecule has 1 heterocycles. The van der Waals surface area contributed by atoms with Crippen molar-refractivity contribution in [2.24, 2.45) is 0 Å². The lowest BCUT2D eigenvalue weighted by Gasteiger charge is -2.33. The number of quaternary nitrogens is 1. The maximum atomic E-state index is 12.8. The Morgan fingerprint density at radius 1 is 1.15 bits per heavy atom. The van der Waals surface area contributed by atoms with Crippen molar-refractivity contribution in [2.45, 2.75) is 13.1 Å². The molecule has 26 heavy (non-hydrogen) atoms. The van der Waals surface area contributed by atoms with Crippen LogP contribution in [0.4, 0.5) is 18.9 Å². The van der Waals surface area contributed by atoms with E-state index in [1.165, 1.54) is 6.07 Å². The monoisotopic (exact) mass is 373 g/mol. The molecule has 0 bridgehead atoms. The summed E-state index contributed by atoms with van der Waals surface area (Å²) in [7, 11) is 0. The molecule has 0 radical (unpaired) electrons. The number of benzene rings is 1. The fourth-order valence-electron chi connectivity index (χ4n) is 2.86. The van der Waals surface area contributed by atoms with Crippen LogP contribution in [0.1, 0.15) is 12.5 Å². The highest BCUT2D eigenvalue weighted by Crippen LogP contribution is 2.31. The van der Waals surface area contributed by atoms with E-state index in [1.807, 2.05) is 4.90 Å². The molecule has 9 heteroatoms. The van der Waals surface area contributed by atoms with Crippen LogP contribution < -0.4 is 20.4 Å². The van der Waals surface area contributed by atoms with Crippen molar-refractivity contribution in [1.82, 2.24) is 10.6 Å². The van der Waals surface area contributed by atoms with Gasteiger partial charge in [0.15, 0.2) is 6.54 Å². The zero-order chi connectivity index (χ0) is 19.2. The van der Waals surface area contributed by atoms with Crippen LogP contribution in [0.5, 0.6) is 0 Å². The highest BCUT2D eigenvalue weighted by atomic mass is 19.4. The Balaban J connectivity index is 1.80. The summed E-state index contributed by atoms with van der Waals surface area (Å²) >= 11 is 0. The van der Waals surface area contributed by atoms with Gasteiger partial charge in [0.2, 0.25) is 5.91 Å². The van der Waals surface area contributed by atoms with Crippen LogP contribution in [0.25, 0.3) is 0 Å². The standard InChI is InChI=1S/C17H23F3N4O2/c1-2-21-15(25)11-22-16(26)12-23-6-8-24(9-7-23)14-5-3-4-13(10-14)17(18,19)20/h3-5,10H,2,6-9,11-12H2,1H3,(H,21,25)(H,22,26)/p+1. The molecule has 1 aliphatic heterocycles. The number of halogens is 3. The van der Waals surface area contributed by atoms with Crippen LogP contribution >= 0.6 is 0 Å². The number of carbonyl (C=O) groups is 2. The summed E-state index contributed by atoms with van der Waals surface area (Å²) in [6, 6.07) is 5.29. The molecule has 0 atom stereocenters. The second-order valence-electron chi connectivity index (χ2n) is 6.19. The number of likely N-dealkylation sites (N-methyl/N-ethyl adjacent to an activating group) is 1. The van der Waals surface area contributed by atoms with E-state index < -0.39 is 11.7 Å². The first-order valence-electron chi connectivity index (χ1n) is 8.58. The number of piperazine rings is 1. The topological polar surface area (TPSA) is 65.9 Å². The van der Waals surface area contributed by atoms with Gasteiger partial charge in [-0.3, -0.25) is 9.59 Å². The maximum Gasteiger partial charge on any atom is 0.416 e. The number of alkyl halides is 3. The summed E-state index contributed by atoms with van der Waals surface area (Å²) in [6.45, 7) is 4.94. The number of amides is 2. The second-order valence-corrected chi connectivity index (χ2v) is 6.19. The van der Waals surface area contributed by atoms with Gasteiger partial charge in [0.05, 0.1) is 38.3 Å². The molecule has 2 amide bonds. The van der Waals surface area contributed by atoms with E-state index in [1.54, 1.807) is 13.0 Å². The summed E-state index contributed by atoms with van der Waals surface area (Å²) in [5, 5.41) is 5.17. The van der Waals surface area contributed by atoms with Crippen molar-refractivity contribution in [1.29, 1.82) is 0 Å². The first-order chi connectivity index (χ1) is 12.3. The molecule has 1 aromatic rings. The van der Waals surface area contributed by atoms with Gasteiger partial charge >= 0.3 is 6.18 Å². The van der Waals surface area contributed by atoms with Crippen LogP contribution in [0.2, 0.25) is 0 Å². The van der Waals surface area contributed by atoms with Gasteiger partial charge in [-0.05, 0) is 25.1 Å². The number of hydrogen-bond acceptors (Lipinski definition) is 3. The van der Waals surface area contributed by atoms with Gasteiger partial charge in [-0.25, -0.2) is 0 Å². The van der Waals surface area contributed by atoms with Crippen molar-refractivity contribution >= 4 is 17.5 Å². The summed E-state index contributed by atoms with van der Waals surface area (Å²) in [4.78, 5) is 26.1. The fraction of sp³-hybridized carbons (Fsp3) is 0.529. The Hall–Kier alpha value is -2.29. The lowest BCUT2D eigenvalue weighted by atomic mass is 10.1. The highest BCUT2D eigenvalue weighted by Gasteiger charge is 2.31. The predicted octanol–water partition coefficient (Wildman–Crippen LogP) is -0.337. The smallest absolute Gasteiger partial charge is 0.360 e. The second kappa shape index (κ2) is 8.88. The van der Waals surface area contributed by atoms with E-state index >= 15 is 0 Å². The molecule has 0 aromatic heterocycles. The molecule has 0 spiro atoms. The first kappa shape index (κ1) is 20.0. The largest absolute Gasteiger partial charge is 0.416 e. The van der Waals surface area contributed by atoms with Crippen LogP contribution in [0, 0.1) is 0 Å². The van der Waals surface area contributed by atoms with Crippen molar-refractivity contribution in [3.63, 3.8) is 0 Å². The molecular formula is C17H24F3N4O2+. The molecule has 1 aromatic carbocycles. The average molecular weight is 373 g/mol. The minimum absolute atomic E-state index is 0.0453. The van der Waals surface area contributed by atoms with Gasteiger partial charge < -0.3 is 20.4 Å². The highest BCUT2D eigenvalue weighted by molar-refractivity contribution is 5.84. The molecule has 3 N–H and O–H groups in total. The molecule has 1 saturated heterocycles. The van der Waals surface area contributed by atoms with E-state index in [0.29, 0.717) is 38.4 Å². The van der Waals surface area contributed by atoms with E-state index in [0.717, 1.165) is 17.0 Å². The number of nitrogens with one attached hydrogen (secondary N) is 3. The number of rotatable bonds is 6. The number of anilines is 1. The minimum atomic E-state index is -4.36. The van der Waals surface area contributed by atoms with Crippen molar-refractivity contribution in [3.05, 3.63) is 29.8 Å². The molecular weight excluding hydrogens is 349 g/mol. The number of nitrogens with zero attached hydrogens (tertiary/aromatic N) is 1. The van der Waals surface area contributed by atoms with Gasteiger partial charge in [0, 0.05) is 12.2 Å². The van der Waals surface area contributed by atoms with Crippen LogP contribution in [0.15, 0.2) is 24.3 Å². The SMILES string of the molecule is CCNC(=O)CNC(=O)C[NH+]1CCN(c2cccc(C(F)(F)F)c2)CC1. The summed E-state index contributed by atoms with van der Waals surface area (Å²) in [5.41, 5.74) is -0.117. The quantitative estimate of drug-likeness (QED) is 0.640. The van der Waals surface area contributed by atoms with E-state index in [9.17, 15) is 22.8 Å². The summed E-state index contributed by atoms with van der Waals surface area (Å²) in [5.74, 6) is -0.441. The van der Waals surface area contributed by atoms with E-state index in [4.69, 9.17) is 0 Å². The Kier molecular flexibility index (Phi) is 6.84. The van der Waals surface area contributed by atoms with Crippen LogP contribution in [-0.2, 0) is 15.8 Å². The predicted molar refractivity (Wildman–Crippen MR) is 90.9 cm³/mol. The zero-order valence-corrected chi connectivity index (χ0v) is 14.7. The third-order valence-electron chi connectivity index (χ3n) is 4.24. The normalized spacial score (nSPS) is 15.6. The molecule has 2 rings (SSSR count). The molecule has 1 aliphatic rings. The zero-order valence-electron chi connectivity index (χ0n) is 14.7. The molecule has 1 fully saturated rings. The third-order valence-corrected chi connectivity index (χ3v) is 4.24. The Bertz CT molecular complexity index is 629. The Morgan fingerprint density at radius 3 is 2.46 bits per heavy atom. The van der Waals surface area contributed by atoms with E-state index in [2.05, 4.69) is 10.6 Å². The van der Waals surface area contributed by atoms with E-state index in [-0.39, 0.29) is 24.9 Å². The summed E-state index contributed by atoms with van der Waals surface area (Å²) < 4.78 is 38.5. The van der Waals surface area contributed by atoms with Crippen molar-refractivity contribution in [2.75, 3.05) is 50.7 Å². The molecule has 6 nitrogen and oxygen atoms in total. The fourth-order valence-corrected chi connectivity index (χ4v) is 2.86. The molecule has 144 valence electrons. The van der Waals surface area contributed by atoms with Crippen LogP contribution in [-0.4, -0.2) is 57.6 Å². The third kappa shape index (κ3) is 5.91. The van der Waals surface area contributed by atoms with Gasteiger partial charge in [-0.2, -0.15) is 13.2 Å². The van der Waals surface area contributed by atoms with Crippen molar-refractivity contribution in [3.8, 4) is 0 Å². The number of hydrogen-bond donors (Lipinski definition) is 3. The van der Waals surface area contributed by atoms with Gasteiger partial charge in [0.1, 0.15) is 0 Å². The number of carbonyl (C=O) groups excluding carboxylic acids is 2. The lowest BCUT2D eigenvalue weighted by Crippen LogP contribution is -3.16. The first-order valence-corrected chi connectivity index (χ1v) is 8.58. The Labute approximate surface area is 150 Å². The molecule has 0 aliphatic carbocycles. The molecule has 0 saturated carbocycles. The minimum Gasteiger partial charge on any atom is -0.360 e. The van der Waals surface area contributed by atoms with Crippen molar-refractivity contribution < 1.29 is 27.7 Å². The van der Waals surface area contributed by atoms with Gasteiger partial charge in [0.25, 0.3) is 5.91 Å². The maximum absolute atomic E-state index is 12.8. The molecule has 0 unspecified atom stereocenters. The van der Waals surface area contributed by atoms with Crippen LogP contribution in [0.3, 0.4) is 0 Å². The summed E-state index contributed by atoms with van der Waals surface area (Å²) in [6.07, 6.45) is -4.36. The Morgan fingerprint density at radius 2 is 1.85 bits per heavy atom. The lowest BCUT2D eigenvalue weighted by molar-refractivity contribution is -0.892. The average Bonchev–Trinajstić information content (AvgIpc) is 2.60. The van der Waals surface area contributed by atoms with Gasteiger partial charge in [-0.15, -0.1) is 0 Å². The van der Waals surface area contributed by atoms with Gasteiger partial charge in [-0.1, -0.05) is 6.07 Å².